The van der Waals surface area contributed by atoms with Crippen molar-refractivity contribution in [3.8, 4) is 0 Å². The summed E-state index contributed by atoms with van der Waals surface area (Å²) in [4.78, 5) is 14.3. The van der Waals surface area contributed by atoms with E-state index < -0.39 is 10.0 Å². The monoisotopic (exact) mass is 338 g/mol. The van der Waals surface area contributed by atoms with Crippen LogP contribution in [0.4, 0.5) is 11.4 Å². The minimum Gasteiger partial charge on any atom is -0.368 e. The van der Waals surface area contributed by atoms with E-state index in [0.717, 1.165) is 30.5 Å². The van der Waals surface area contributed by atoms with Crippen LogP contribution in [-0.4, -0.2) is 39.3 Å². The quantitative estimate of drug-likeness (QED) is 0.890. The maximum absolute atomic E-state index is 12.6. The molecule has 1 aromatic rings. The van der Waals surface area contributed by atoms with Crippen LogP contribution in [0, 0.1) is 0 Å². The van der Waals surface area contributed by atoms with Gasteiger partial charge < -0.3 is 9.64 Å². The van der Waals surface area contributed by atoms with Crippen LogP contribution in [0.25, 0.3) is 0 Å². The standard InChI is InChI=1S/C16H22N2O4S/c1-2-10-23(20,21)17-13-6-5-12-7-8-18(14(12)11-13)16(19)15-4-3-9-22-15/h5-6,11,15,17H,2-4,7-10H2,1H3. The predicted molar refractivity (Wildman–Crippen MR) is 89.2 cm³/mol. The van der Waals surface area contributed by atoms with Gasteiger partial charge in [0.05, 0.1) is 11.4 Å². The average molecular weight is 338 g/mol. The lowest BCUT2D eigenvalue weighted by molar-refractivity contribution is -0.127. The van der Waals surface area contributed by atoms with Crippen molar-refractivity contribution < 1.29 is 17.9 Å². The molecule has 126 valence electrons. The Bertz CT molecular complexity index is 696. The second-order valence-electron chi connectivity index (χ2n) is 6.01. The topological polar surface area (TPSA) is 75.7 Å². The molecule has 0 aromatic heterocycles. The number of hydrogen-bond acceptors (Lipinski definition) is 4. The first-order valence-corrected chi connectivity index (χ1v) is 9.72. The molecule has 1 unspecified atom stereocenters. The van der Waals surface area contributed by atoms with Crippen molar-refractivity contribution in [3.63, 3.8) is 0 Å². The normalized spacial score (nSPS) is 20.6. The molecule has 1 N–H and O–H groups in total. The number of amides is 1. The van der Waals surface area contributed by atoms with Gasteiger partial charge in [0, 0.05) is 18.8 Å². The average Bonchev–Trinajstić information content (AvgIpc) is 3.15. The molecule has 1 aromatic carbocycles. The Balaban J connectivity index is 1.81. The molecule has 0 radical (unpaired) electrons. The molecule has 23 heavy (non-hydrogen) atoms. The van der Waals surface area contributed by atoms with Crippen LogP contribution in [-0.2, 0) is 26.0 Å². The molecule has 0 aliphatic carbocycles. The summed E-state index contributed by atoms with van der Waals surface area (Å²) in [5, 5.41) is 0. The van der Waals surface area contributed by atoms with Gasteiger partial charge in [0.1, 0.15) is 6.10 Å². The molecule has 1 fully saturated rings. The van der Waals surface area contributed by atoms with E-state index in [1.807, 2.05) is 13.0 Å². The molecule has 0 bridgehead atoms. The number of fused-ring (bicyclic) bond motifs is 1. The molecular formula is C16H22N2O4S. The summed E-state index contributed by atoms with van der Waals surface area (Å²) in [5.41, 5.74) is 2.36. The number of ether oxygens (including phenoxy) is 1. The van der Waals surface area contributed by atoms with Gasteiger partial charge in [-0.3, -0.25) is 9.52 Å². The first kappa shape index (κ1) is 16.3. The number of anilines is 2. The SMILES string of the molecule is CCCS(=O)(=O)Nc1ccc2c(c1)N(C(=O)C1CCCO1)CC2. The Morgan fingerprint density at radius 1 is 1.43 bits per heavy atom. The lowest BCUT2D eigenvalue weighted by atomic mass is 10.1. The fraction of sp³-hybridized carbons (Fsp3) is 0.562. The summed E-state index contributed by atoms with van der Waals surface area (Å²) in [5.74, 6) is 0.0673. The largest absolute Gasteiger partial charge is 0.368 e. The highest BCUT2D eigenvalue weighted by Crippen LogP contribution is 2.32. The Kier molecular flexibility index (Phi) is 4.59. The Hall–Kier alpha value is -1.60. The minimum absolute atomic E-state index is 0.0187. The zero-order chi connectivity index (χ0) is 16.4. The number of carbonyl (C=O) groups is 1. The number of hydrogen-bond donors (Lipinski definition) is 1. The van der Waals surface area contributed by atoms with Crippen molar-refractivity contribution in [1.82, 2.24) is 0 Å². The van der Waals surface area contributed by atoms with Gasteiger partial charge in [-0.2, -0.15) is 0 Å². The molecule has 1 atom stereocenters. The van der Waals surface area contributed by atoms with Crippen LogP contribution < -0.4 is 9.62 Å². The molecule has 1 saturated heterocycles. The second-order valence-corrected chi connectivity index (χ2v) is 7.85. The van der Waals surface area contributed by atoms with Gasteiger partial charge in [-0.05, 0) is 43.4 Å². The van der Waals surface area contributed by atoms with E-state index in [1.165, 1.54) is 0 Å². The van der Waals surface area contributed by atoms with Gasteiger partial charge in [0.25, 0.3) is 5.91 Å². The summed E-state index contributed by atoms with van der Waals surface area (Å²) >= 11 is 0. The zero-order valence-corrected chi connectivity index (χ0v) is 14.1. The number of benzene rings is 1. The van der Waals surface area contributed by atoms with Gasteiger partial charge in [-0.25, -0.2) is 8.42 Å². The molecule has 0 saturated carbocycles. The fourth-order valence-corrected chi connectivity index (χ4v) is 4.24. The second kappa shape index (κ2) is 6.49. The number of carbonyl (C=O) groups excluding carboxylic acids is 1. The molecule has 2 heterocycles. The Morgan fingerprint density at radius 3 is 2.96 bits per heavy atom. The van der Waals surface area contributed by atoms with Crippen molar-refractivity contribution >= 4 is 27.3 Å². The number of nitrogens with one attached hydrogen (secondary N) is 1. The maximum Gasteiger partial charge on any atom is 0.256 e. The number of nitrogens with zero attached hydrogens (tertiary/aromatic N) is 1. The molecule has 3 rings (SSSR count). The summed E-state index contributed by atoms with van der Waals surface area (Å²) in [6.07, 6.45) is 2.66. The molecule has 1 amide bonds. The third-order valence-corrected chi connectivity index (χ3v) is 5.69. The van der Waals surface area contributed by atoms with Gasteiger partial charge in [0.2, 0.25) is 10.0 Å². The van der Waals surface area contributed by atoms with E-state index >= 15 is 0 Å². The predicted octanol–water partition coefficient (Wildman–Crippen LogP) is 1.91. The Labute approximate surface area is 136 Å². The lowest BCUT2D eigenvalue weighted by Crippen LogP contribution is -2.37. The molecule has 0 spiro atoms. The molecule has 2 aliphatic rings. The first-order valence-electron chi connectivity index (χ1n) is 8.06. The van der Waals surface area contributed by atoms with E-state index in [-0.39, 0.29) is 17.8 Å². The van der Waals surface area contributed by atoms with Gasteiger partial charge in [0.15, 0.2) is 0 Å². The van der Waals surface area contributed by atoms with E-state index in [9.17, 15) is 13.2 Å². The van der Waals surface area contributed by atoms with E-state index in [2.05, 4.69) is 4.72 Å². The van der Waals surface area contributed by atoms with E-state index in [1.54, 1.807) is 17.0 Å². The minimum atomic E-state index is -3.33. The van der Waals surface area contributed by atoms with E-state index in [0.29, 0.717) is 25.3 Å². The van der Waals surface area contributed by atoms with Crippen molar-refractivity contribution in [2.24, 2.45) is 0 Å². The third-order valence-electron chi connectivity index (χ3n) is 4.20. The molecule has 6 nitrogen and oxygen atoms in total. The maximum atomic E-state index is 12.6. The van der Waals surface area contributed by atoms with Crippen molar-refractivity contribution in [2.75, 3.05) is 28.5 Å². The van der Waals surface area contributed by atoms with Crippen molar-refractivity contribution in [3.05, 3.63) is 23.8 Å². The first-order chi connectivity index (χ1) is 11.0. The molecule has 2 aliphatic heterocycles. The third kappa shape index (κ3) is 3.50. The van der Waals surface area contributed by atoms with Crippen LogP contribution in [0.1, 0.15) is 31.7 Å². The van der Waals surface area contributed by atoms with Crippen LogP contribution in [0.2, 0.25) is 0 Å². The summed E-state index contributed by atoms with van der Waals surface area (Å²) < 4.78 is 31.9. The summed E-state index contributed by atoms with van der Waals surface area (Å²) in [7, 11) is -3.33. The Morgan fingerprint density at radius 2 is 2.26 bits per heavy atom. The highest BCUT2D eigenvalue weighted by Gasteiger charge is 2.32. The van der Waals surface area contributed by atoms with Crippen LogP contribution in [0.5, 0.6) is 0 Å². The highest BCUT2D eigenvalue weighted by molar-refractivity contribution is 7.92. The van der Waals surface area contributed by atoms with Crippen LogP contribution >= 0.6 is 0 Å². The van der Waals surface area contributed by atoms with E-state index in [4.69, 9.17) is 4.74 Å². The lowest BCUT2D eigenvalue weighted by Gasteiger charge is -2.21. The smallest absolute Gasteiger partial charge is 0.256 e. The summed E-state index contributed by atoms with van der Waals surface area (Å²) in [6.45, 7) is 3.08. The molecular weight excluding hydrogens is 316 g/mol. The zero-order valence-electron chi connectivity index (χ0n) is 13.2. The van der Waals surface area contributed by atoms with Crippen molar-refractivity contribution in [1.29, 1.82) is 0 Å². The van der Waals surface area contributed by atoms with Gasteiger partial charge >= 0.3 is 0 Å². The van der Waals surface area contributed by atoms with Crippen molar-refractivity contribution in [2.45, 2.75) is 38.7 Å². The van der Waals surface area contributed by atoms with Crippen LogP contribution in [0.15, 0.2) is 18.2 Å². The number of rotatable bonds is 5. The van der Waals surface area contributed by atoms with Crippen LogP contribution in [0.3, 0.4) is 0 Å². The van der Waals surface area contributed by atoms with Gasteiger partial charge in [-0.1, -0.05) is 13.0 Å². The summed E-state index contributed by atoms with van der Waals surface area (Å²) in [6, 6.07) is 5.40. The fourth-order valence-electron chi connectivity index (χ4n) is 3.12. The highest BCUT2D eigenvalue weighted by atomic mass is 32.2. The number of sulfonamides is 1. The molecule has 7 heteroatoms. The van der Waals surface area contributed by atoms with Gasteiger partial charge in [-0.15, -0.1) is 0 Å².